The second-order valence-corrected chi connectivity index (χ2v) is 5.29. The Bertz CT molecular complexity index is 689. The zero-order valence-corrected chi connectivity index (χ0v) is 12.8. The lowest BCUT2D eigenvalue weighted by atomic mass is 10.3. The van der Waals surface area contributed by atoms with Crippen LogP contribution < -0.4 is 10.6 Å². The molecule has 0 saturated carbocycles. The lowest BCUT2D eigenvalue weighted by Gasteiger charge is -2.06. The molecule has 0 radical (unpaired) electrons. The average molecular weight is 374 g/mol. The van der Waals surface area contributed by atoms with Crippen molar-refractivity contribution in [3.63, 3.8) is 0 Å². The van der Waals surface area contributed by atoms with Gasteiger partial charge in [-0.25, -0.2) is 4.79 Å². The highest BCUT2D eigenvalue weighted by Gasteiger charge is 2.07. The highest BCUT2D eigenvalue weighted by Crippen LogP contribution is 2.25. The zero-order chi connectivity index (χ0) is 15.4. The second kappa shape index (κ2) is 6.59. The first-order valence-corrected chi connectivity index (χ1v) is 6.88. The van der Waals surface area contributed by atoms with Crippen molar-refractivity contribution in [2.45, 2.75) is 6.54 Å². The van der Waals surface area contributed by atoms with Crippen LogP contribution in [0.15, 0.2) is 35.1 Å². The van der Waals surface area contributed by atoms with Gasteiger partial charge in [-0.2, -0.15) is 5.10 Å². The summed E-state index contributed by atoms with van der Waals surface area (Å²) >= 11 is 9.17. The van der Waals surface area contributed by atoms with Gasteiger partial charge in [-0.05, 0) is 34.1 Å². The third-order valence-corrected chi connectivity index (χ3v) is 3.60. The van der Waals surface area contributed by atoms with Crippen LogP contribution in [0.1, 0.15) is 0 Å². The summed E-state index contributed by atoms with van der Waals surface area (Å²) in [5, 5.41) is 18.0. The number of carboxylic acids is 1. The number of hydrogen-bond donors (Lipinski definition) is 3. The highest BCUT2D eigenvalue weighted by atomic mass is 79.9. The zero-order valence-electron chi connectivity index (χ0n) is 10.5. The van der Waals surface area contributed by atoms with Gasteiger partial charge in [0.25, 0.3) is 0 Å². The summed E-state index contributed by atoms with van der Waals surface area (Å²) in [7, 11) is 0. The number of carbonyl (C=O) groups excluding carboxylic acids is 1. The predicted octanol–water partition coefficient (Wildman–Crippen LogP) is 3.03. The van der Waals surface area contributed by atoms with E-state index in [1.807, 2.05) is 0 Å². The summed E-state index contributed by atoms with van der Waals surface area (Å²) in [6.07, 6.45) is 2.78. The smallest absolute Gasteiger partial charge is 0.325 e. The number of rotatable bonds is 4. The molecule has 0 bridgehead atoms. The molecule has 21 heavy (non-hydrogen) atoms. The van der Waals surface area contributed by atoms with E-state index in [2.05, 4.69) is 31.7 Å². The first-order valence-electron chi connectivity index (χ1n) is 5.71. The van der Waals surface area contributed by atoms with Gasteiger partial charge in [-0.3, -0.25) is 9.48 Å². The number of urea groups is 1. The van der Waals surface area contributed by atoms with Gasteiger partial charge < -0.3 is 15.7 Å². The summed E-state index contributed by atoms with van der Waals surface area (Å²) in [6.45, 7) is -0.272. The Kier molecular flexibility index (Phi) is 4.81. The van der Waals surface area contributed by atoms with Gasteiger partial charge in [-0.15, -0.1) is 0 Å². The van der Waals surface area contributed by atoms with Gasteiger partial charge in [0.1, 0.15) is 6.54 Å². The van der Waals surface area contributed by atoms with Gasteiger partial charge in [0.05, 0.1) is 16.9 Å². The van der Waals surface area contributed by atoms with E-state index in [0.29, 0.717) is 16.4 Å². The fourth-order valence-corrected chi connectivity index (χ4v) is 1.95. The van der Waals surface area contributed by atoms with E-state index < -0.39 is 12.0 Å². The number of anilines is 2. The first-order chi connectivity index (χ1) is 9.94. The number of benzene rings is 1. The second-order valence-electron chi connectivity index (χ2n) is 4.03. The number of nitrogens with one attached hydrogen (secondary N) is 2. The molecule has 0 fully saturated rings. The molecule has 1 aromatic carbocycles. The molecule has 110 valence electrons. The molecule has 0 aliphatic rings. The van der Waals surface area contributed by atoms with Crippen molar-refractivity contribution >= 4 is 50.9 Å². The third kappa shape index (κ3) is 4.47. The van der Waals surface area contributed by atoms with E-state index in [9.17, 15) is 9.59 Å². The number of hydrogen-bond acceptors (Lipinski definition) is 3. The molecule has 0 atom stereocenters. The molecule has 9 heteroatoms. The number of halogens is 2. The van der Waals surface area contributed by atoms with Crippen LogP contribution in [0, 0.1) is 0 Å². The molecule has 7 nitrogen and oxygen atoms in total. The summed E-state index contributed by atoms with van der Waals surface area (Å²) in [6, 6.07) is 4.51. The Morgan fingerprint density at radius 2 is 2.05 bits per heavy atom. The Morgan fingerprint density at radius 3 is 2.71 bits per heavy atom. The largest absolute Gasteiger partial charge is 0.480 e. The van der Waals surface area contributed by atoms with Crippen LogP contribution in [0.4, 0.5) is 16.2 Å². The fraction of sp³-hybridized carbons (Fsp3) is 0.0833. The topological polar surface area (TPSA) is 96.2 Å². The van der Waals surface area contributed by atoms with Crippen molar-refractivity contribution in [3.05, 3.63) is 40.1 Å². The number of aromatic nitrogens is 2. The van der Waals surface area contributed by atoms with Crippen LogP contribution >= 0.6 is 27.5 Å². The Labute approximate surface area is 133 Å². The number of carboxylic acid groups (broad SMARTS) is 1. The summed E-state index contributed by atoms with van der Waals surface area (Å²) in [4.78, 5) is 22.3. The molecule has 1 heterocycles. The first kappa shape index (κ1) is 15.3. The maximum atomic E-state index is 11.8. The van der Waals surface area contributed by atoms with E-state index in [1.165, 1.54) is 17.1 Å². The molecule has 0 spiro atoms. The number of carbonyl (C=O) groups is 2. The lowest BCUT2D eigenvalue weighted by molar-refractivity contribution is -0.137. The Morgan fingerprint density at radius 1 is 1.33 bits per heavy atom. The number of aliphatic carboxylic acids is 1. The van der Waals surface area contributed by atoms with E-state index in [-0.39, 0.29) is 6.54 Å². The molecular weight excluding hydrogens is 364 g/mol. The summed E-state index contributed by atoms with van der Waals surface area (Å²) < 4.78 is 1.93. The number of amides is 2. The van der Waals surface area contributed by atoms with Crippen molar-refractivity contribution in [2.24, 2.45) is 0 Å². The van der Waals surface area contributed by atoms with Gasteiger partial charge in [0.2, 0.25) is 0 Å². The molecular formula is C12H10BrClN4O3. The summed E-state index contributed by atoms with van der Waals surface area (Å²) in [5.41, 5.74) is 0.913. The maximum absolute atomic E-state index is 11.8. The molecule has 0 saturated heterocycles. The van der Waals surface area contributed by atoms with Crippen molar-refractivity contribution in [2.75, 3.05) is 10.6 Å². The standard InChI is InChI=1S/C12H10BrClN4O3/c13-9-2-1-7(3-10(9)14)16-12(21)17-8-4-15-18(5-8)6-11(19)20/h1-5H,6H2,(H,19,20)(H2,16,17,21). The highest BCUT2D eigenvalue weighted by molar-refractivity contribution is 9.10. The molecule has 3 N–H and O–H groups in total. The minimum absolute atomic E-state index is 0.272. The molecule has 0 unspecified atom stereocenters. The fourth-order valence-electron chi connectivity index (χ4n) is 1.52. The molecule has 2 amide bonds. The average Bonchev–Trinajstić information content (AvgIpc) is 2.80. The molecule has 2 aromatic rings. The third-order valence-electron chi connectivity index (χ3n) is 2.37. The SMILES string of the molecule is O=C(O)Cn1cc(NC(=O)Nc2ccc(Br)c(Cl)c2)cn1. The van der Waals surface area contributed by atoms with E-state index in [4.69, 9.17) is 16.7 Å². The van der Waals surface area contributed by atoms with Crippen LogP contribution in [0.2, 0.25) is 5.02 Å². The van der Waals surface area contributed by atoms with Crippen molar-refractivity contribution in [1.82, 2.24) is 9.78 Å². The van der Waals surface area contributed by atoms with E-state index in [0.717, 1.165) is 4.47 Å². The molecule has 0 aliphatic heterocycles. The normalized spacial score (nSPS) is 10.2. The van der Waals surface area contributed by atoms with Crippen LogP contribution in [-0.4, -0.2) is 26.9 Å². The minimum Gasteiger partial charge on any atom is -0.480 e. The quantitative estimate of drug-likeness (QED) is 0.767. The predicted molar refractivity (Wildman–Crippen MR) is 81.7 cm³/mol. The van der Waals surface area contributed by atoms with Crippen LogP contribution in [-0.2, 0) is 11.3 Å². The van der Waals surface area contributed by atoms with Crippen molar-refractivity contribution in [1.29, 1.82) is 0 Å². The maximum Gasteiger partial charge on any atom is 0.325 e. The van der Waals surface area contributed by atoms with Gasteiger partial charge >= 0.3 is 12.0 Å². The molecule has 2 rings (SSSR count). The monoisotopic (exact) mass is 372 g/mol. The lowest BCUT2D eigenvalue weighted by Crippen LogP contribution is -2.19. The van der Waals surface area contributed by atoms with Gasteiger partial charge in [-0.1, -0.05) is 11.6 Å². The minimum atomic E-state index is -1.02. The molecule has 0 aliphatic carbocycles. The van der Waals surface area contributed by atoms with E-state index in [1.54, 1.807) is 18.2 Å². The number of nitrogens with zero attached hydrogens (tertiary/aromatic N) is 2. The van der Waals surface area contributed by atoms with Crippen molar-refractivity contribution in [3.8, 4) is 0 Å². The van der Waals surface area contributed by atoms with Crippen LogP contribution in [0.25, 0.3) is 0 Å². The van der Waals surface area contributed by atoms with Gasteiger partial charge in [0.15, 0.2) is 0 Å². The van der Waals surface area contributed by atoms with Gasteiger partial charge in [0, 0.05) is 16.4 Å². The Balaban J connectivity index is 1.96. The van der Waals surface area contributed by atoms with Crippen molar-refractivity contribution < 1.29 is 14.7 Å². The van der Waals surface area contributed by atoms with Crippen LogP contribution in [0.5, 0.6) is 0 Å². The Hall–Kier alpha value is -2.06. The van der Waals surface area contributed by atoms with Crippen LogP contribution in [0.3, 0.4) is 0 Å². The molecule has 1 aromatic heterocycles. The van der Waals surface area contributed by atoms with E-state index >= 15 is 0 Å². The summed E-state index contributed by atoms with van der Waals surface area (Å²) in [5.74, 6) is -1.02.